The number of esters is 1. The molecule has 3 fully saturated rings. The summed E-state index contributed by atoms with van der Waals surface area (Å²) in [5, 5.41) is 23.4. The van der Waals surface area contributed by atoms with Gasteiger partial charge in [-0.05, 0) is 115 Å². The quantitative estimate of drug-likeness (QED) is 0.133. The van der Waals surface area contributed by atoms with E-state index in [0.717, 1.165) is 40.9 Å². The molecule has 2 amide bonds. The lowest BCUT2D eigenvalue weighted by molar-refractivity contribution is -0.182. The van der Waals surface area contributed by atoms with Gasteiger partial charge < -0.3 is 24.9 Å². The molecule has 3 saturated carbocycles. The lowest BCUT2D eigenvalue weighted by Gasteiger charge is -2.60. The number of carbonyl (C=O) groups is 3. The predicted molar refractivity (Wildman–Crippen MR) is 214 cm³/mol. The second kappa shape index (κ2) is 14.3. The maximum Gasteiger partial charge on any atom is 0.375 e. The number of rotatable bonds is 9. The molecule has 4 aliphatic carbocycles. The van der Waals surface area contributed by atoms with Gasteiger partial charge in [-0.1, -0.05) is 86.2 Å². The zero-order valence-electron chi connectivity index (χ0n) is 32.3. The summed E-state index contributed by atoms with van der Waals surface area (Å²) >= 11 is 0. The molecule has 4 aliphatic rings. The maximum absolute atomic E-state index is 14.5. The van der Waals surface area contributed by atoms with Crippen molar-refractivity contribution in [3.8, 4) is 5.69 Å². The number of allylic oxidation sites excluding steroid dienone is 1. The van der Waals surface area contributed by atoms with E-state index in [0.29, 0.717) is 44.3 Å². The number of hydrogen-bond acceptors (Lipinski definition) is 7. The summed E-state index contributed by atoms with van der Waals surface area (Å²) in [7, 11) is 0. The molecule has 7 atom stereocenters. The molecule has 9 rings (SSSR count). The average Bonchev–Trinajstić information content (AvgIpc) is 3.97. The highest BCUT2D eigenvalue weighted by molar-refractivity contribution is 5.95. The highest BCUT2D eigenvalue weighted by Crippen LogP contribution is 2.68. The number of fused-ring (bicyclic) bond motifs is 6. The first kappa shape index (κ1) is 36.9. The van der Waals surface area contributed by atoms with E-state index in [2.05, 4.69) is 23.6 Å². The van der Waals surface area contributed by atoms with Crippen LogP contribution in [0.15, 0.2) is 120 Å². The second-order valence-corrected chi connectivity index (χ2v) is 16.9. The first-order chi connectivity index (χ1) is 27.6. The first-order valence-corrected chi connectivity index (χ1v) is 20.1. The Labute approximate surface area is 332 Å². The summed E-state index contributed by atoms with van der Waals surface area (Å²) in [5.74, 6) is -1.03. The molecule has 0 bridgehead atoms. The number of amides is 2. The van der Waals surface area contributed by atoms with Gasteiger partial charge in [-0.2, -0.15) is 5.10 Å². The summed E-state index contributed by atoms with van der Waals surface area (Å²) in [6.07, 6.45) is 8.62. The van der Waals surface area contributed by atoms with Crippen molar-refractivity contribution in [2.45, 2.75) is 77.2 Å². The highest BCUT2D eigenvalue weighted by atomic mass is 16.6. The summed E-state index contributed by atoms with van der Waals surface area (Å²) < 4.78 is 13.7. The van der Waals surface area contributed by atoms with Crippen molar-refractivity contribution < 1.29 is 28.6 Å². The smallest absolute Gasteiger partial charge is 0.375 e. The lowest BCUT2D eigenvalue weighted by atomic mass is 9.45. The fraction of sp³-hybridized carbons (Fsp3) is 0.362. The van der Waals surface area contributed by atoms with Crippen molar-refractivity contribution in [1.82, 2.24) is 20.4 Å². The Morgan fingerprint density at radius 2 is 1.65 bits per heavy atom. The molecule has 3 aromatic carbocycles. The molecule has 3 N–H and O–H groups in total. The van der Waals surface area contributed by atoms with Crippen LogP contribution in [0.25, 0.3) is 11.8 Å². The minimum atomic E-state index is -1.49. The van der Waals surface area contributed by atoms with Gasteiger partial charge >= 0.3 is 5.97 Å². The summed E-state index contributed by atoms with van der Waals surface area (Å²) in [6, 6.07) is 30.3. The number of carbonyl (C=O) groups excluding carboxylic acids is 3. The van der Waals surface area contributed by atoms with E-state index in [1.807, 2.05) is 103 Å². The number of aliphatic hydroxyl groups is 1. The van der Waals surface area contributed by atoms with Gasteiger partial charge in [0.15, 0.2) is 5.60 Å². The highest BCUT2D eigenvalue weighted by Gasteiger charge is 2.71. The van der Waals surface area contributed by atoms with Gasteiger partial charge in [0.25, 0.3) is 11.8 Å². The maximum atomic E-state index is 14.5. The minimum absolute atomic E-state index is 0.0380. The van der Waals surface area contributed by atoms with Gasteiger partial charge in [0.2, 0.25) is 5.76 Å². The van der Waals surface area contributed by atoms with Gasteiger partial charge in [0, 0.05) is 24.1 Å². The van der Waals surface area contributed by atoms with Crippen molar-refractivity contribution >= 4 is 23.9 Å². The summed E-state index contributed by atoms with van der Waals surface area (Å²) in [6.45, 7) is 5.07. The Balaban J connectivity index is 0.982. The van der Waals surface area contributed by atoms with Crippen LogP contribution in [0.1, 0.15) is 89.2 Å². The summed E-state index contributed by atoms with van der Waals surface area (Å²) in [4.78, 5) is 41.3. The van der Waals surface area contributed by atoms with Gasteiger partial charge in [-0.25, -0.2) is 9.48 Å². The molecule has 4 unspecified atom stereocenters. The number of aromatic nitrogens is 2. The zero-order valence-corrected chi connectivity index (χ0v) is 32.3. The van der Waals surface area contributed by atoms with Crippen LogP contribution in [0.5, 0.6) is 0 Å². The molecule has 292 valence electrons. The number of nitrogens with zero attached hydrogens (tertiary/aromatic N) is 2. The largest absolute Gasteiger partial charge is 0.457 e. The lowest BCUT2D eigenvalue weighted by Crippen LogP contribution is -2.64. The first-order valence-electron chi connectivity index (χ1n) is 20.1. The van der Waals surface area contributed by atoms with Crippen molar-refractivity contribution in [3.05, 3.63) is 149 Å². The van der Waals surface area contributed by atoms with Crippen LogP contribution in [-0.4, -0.2) is 44.4 Å². The van der Waals surface area contributed by atoms with Crippen molar-refractivity contribution in [3.63, 3.8) is 0 Å². The van der Waals surface area contributed by atoms with Crippen molar-refractivity contribution in [2.75, 3.05) is 0 Å². The second-order valence-electron chi connectivity index (χ2n) is 16.9. The number of aliphatic hydroxyl groups excluding tert-OH is 1. The monoisotopic (exact) mass is 764 g/mol. The number of benzene rings is 3. The van der Waals surface area contributed by atoms with Crippen LogP contribution in [0.3, 0.4) is 0 Å². The molecule has 0 aliphatic heterocycles. The molecule has 0 radical (unpaired) electrons. The average molecular weight is 765 g/mol. The Hall–Kier alpha value is -5.74. The molecule has 2 aromatic heterocycles. The number of nitrogens with one attached hydrogen (secondary N) is 2. The zero-order chi connectivity index (χ0) is 39.4. The van der Waals surface area contributed by atoms with E-state index in [1.165, 1.54) is 11.8 Å². The van der Waals surface area contributed by atoms with Crippen molar-refractivity contribution in [2.24, 2.45) is 28.6 Å². The number of hydrogen-bond donors (Lipinski definition) is 3. The molecule has 57 heavy (non-hydrogen) atoms. The van der Waals surface area contributed by atoms with Crippen LogP contribution in [0.2, 0.25) is 0 Å². The van der Waals surface area contributed by atoms with Gasteiger partial charge in [-0.3, -0.25) is 9.59 Å². The third-order valence-electron chi connectivity index (χ3n) is 13.8. The molecule has 0 saturated heterocycles. The molecule has 5 aromatic rings. The Bertz CT molecular complexity index is 2340. The third-order valence-corrected chi connectivity index (χ3v) is 13.8. The van der Waals surface area contributed by atoms with Crippen LogP contribution >= 0.6 is 0 Å². The Kier molecular flexibility index (Phi) is 9.27. The standard InChI is InChI=1S/C47H48N4O6/c1-45-25-33-29-50-51(35-16-9-15-32(23-35)42(53)48-27-30-11-5-3-6-12-30)38(33)24-34(45)18-19-36-37-20-21-47(46(37,2)26-39(52)41(36)45,57-43(54)40-17-10-22-56-40)44(55)49-28-31-13-7-4-8-14-31/h3-17,22-24,29,36-37,39,41,52H,18-21,25-28H2,1-2H3,(H,48,53)(H,49,55)/t36?,37?,39?,41?,45-,46-,47-/m0/s1. The van der Waals surface area contributed by atoms with Gasteiger partial charge in [0.05, 0.1) is 29.9 Å². The summed E-state index contributed by atoms with van der Waals surface area (Å²) in [5.41, 5.74) is 4.07. The van der Waals surface area contributed by atoms with Gasteiger partial charge in [-0.15, -0.1) is 0 Å². The van der Waals surface area contributed by atoms with Crippen LogP contribution in [0.4, 0.5) is 0 Å². The Morgan fingerprint density at radius 3 is 2.37 bits per heavy atom. The third kappa shape index (κ3) is 6.21. The van der Waals surface area contributed by atoms with E-state index in [1.54, 1.807) is 12.1 Å². The Morgan fingerprint density at radius 1 is 0.912 bits per heavy atom. The topological polar surface area (TPSA) is 136 Å². The van der Waals surface area contributed by atoms with Crippen LogP contribution < -0.4 is 10.6 Å². The molecular formula is C47H48N4O6. The van der Waals surface area contributed by atoms with E-state index in [4.69, 9.17) is 14.3 Å². The number of ether oxygens (including phenoxy) is 1. The van der Waals surface area contributed by atoms with E-state index < -0.39 is 23.1 Å². The minimum Gasteiger partial charge on any atom is -0.457 e. The fourth-order valence-electron chi connectivity index (χ4n) is 11.1. The van der Waals surface area contributed by atoms with Gasteiger partial charge in [0.1, 0.15) is 0 Å². The normalized spacial score (nSPS) is 28.5. The van der Waals surface area contributed by atoms with Crippen LogP contribution in [-0.2, 0) is 29.0 Å². The molecule has 10 heteroatoms. The molecule has 2 heterocycles. The molecule has 10 nitrogen and oxygen atoms in total. The SMILES string of the molecule is C[C@]12Cc3cnn(-c4cccc(C(=O)NCc5ccccc5)c4)c3C=C1CCC1C2C(O)C[C@@]2(C)C1CC[C@]2(OC(=O)c1ccco1)C(=O)NCc1ccccc1. The van der Waals surface area contributed by atoms with Crippen LogP contribution in [0, 0.1) is 28.6 Å². The predicted octanol–water partition coefficient (Wildman–Crippen LogP) is 7.46. The fourth-order valence-corrected chi connectivity index (χ4v) is 11.1. The van der Waals surface area contributed by atoms with E-state index in [-0.39, 0.29) is 40.7 Å². The molecular weight excluding hydrogens is 717 g/mol. The van der Waals surface area contributed by atoms with Crippen molar-refractivity contribution in [1.29, 1.82) is 0 Å². The van der Waals surface area contributed by atoms with E-state index >= 15 is 0 Å². The van der Waals surface area contributed by atoms with E-state index in [9.17, 15) is 19.5 Å². The number of furan rings is 1. The molecule has 0 spiro atoms.